The molecule has 0 saturated heterocycles. The zero-order valence-electron chi connectivity index (χ0n) is 5.85. The number of aromatic hydroxyl groups is 1. The van der Waals surface area contributed by atoms with Crippen LogP contribution in [0.5, 0.6) is 5.75 Å². The summed E-state index contributed by atoms with van der Waals surface area (Å²) in [5, 5.41) is 25.8. The SMILES string of the molecule is N#Cc1cc(C(=O)O)c(O)cn1. The lowest BCUT2D eigenvalue weighted by atomic mass is 10.2. The molecule has 1 rings (SSSR count). The topological polar surface area (TPSA) is 94.2 Å². The maximum absolute atomic E-state index is 10.4. The standard InChI is InChI=1S/C7H4N2O3/c8-2-4-1-5(7(11)12)6(10)3-9-4/h1,3,10H,(H,11,12). The fourth-order valence-electron chi connectivity index (χ4n) is 0.681. The molecule has 0 atom stereocenters. The fraction of sp³-hybridized carbons (Fsp3) is 0. The van der Waals surface area contributed by atoms with E-state index in [1.54, 1.807) is 6.07 Å². The molecule has 0 aromatic carbocycles. The predicted molar refractivity (Wildman–Crippen MR) is 37.6 cm³/mol. The van der Waals surface area contributed by atoms with Gasteiger partial charge in [0.15, 0.2) is 0 Å². The first kappa shape index (κ1) is 8.01. The Balaban J connectivity index is 3.28. The van der Waals surface area contributed by atoms with Crippen LogP contribution in [0.15, 0.2) is 12.3 Å². The van der Waals surface area contributed by atoms with E-state index in [1.165, 1.54) is 0 Å². The van der Waals surface area contributed by atoms with Crippen LogP contribution in [0.3, 0.4) is 0 Å². The highest BCUT2D eigenvalue weighted by Crippen LogP contribution is 2.15. The van der Waals surface area contributed by atoms with Crippen molar-refractivity contribution < 1.29 is 15.0 Å². The molecule has 5 nitrogen and oxygen atoms in total. The van der Waals surface area contributed by atoms with Crippen molar-refractivity contribution in [1.29, 1.82) is 5.26 Å². The van der Waals surface area contributed by atoms with Gasteiger partial charge in [0.1, 0.15) is 23.1 Å². The first-order chi connectivity index (χ1) is 5.65. The molecule has 0 saturated carbocycles. The number of hydrogen-bond acceptors (Lipinski definition) is 4. The maximum atomic E-state index is 10.4. The van der Waals surface area contributed by atoms with Gasteiger partial charge in [-0.2, -0.15) is 5.26 Å². The Morgan fingerprint density at radius 2 is 2.33 bits per heavy atom. The number of nitriles is 1. The van der Waals surface area contributed by atoms with Crippen LogP contribution >= 0.6 is 0 Å². The zero-order chi connectivity index (χ0) is 9.14. The van der Waals surface area contributed by atoms with Gasteiger partial charge < -0.3 is 10.2 Å². The van der Waals surface area contributed by atoms with Gasteiger partial charge >= 0.3 is 5.97 Å². The zero-order valence-corrected chi connectivity index (χ0v) is 5.85. The van der Waals surface area contributed by atoms with Crippen molar-refractivity contribution in [2.75, 3.05) is 0 Å². The van der Waals surface area contributed by atoms with Crippen LogP contribution in [0.2, 0.25) is 0 Å². The molecule has 0 spiro atoms. The quantitative estimate of drug-likeness (QED) is 0.624. The molecule has 60 valence electrons. The normalized spacial score (nSPS) is 8.92. The van der Waals surface area contributed by atoms with E-state index in [4.69, 9.17) is 15.5 Å². The number of aromatic nitrogens is 1. The van der Waals surface area contributed by atoms with Gasteiger partial charge in [0.05, 0.1) is 6.20 Å². The van der Waals surface area contributed by atoms with Crippen molar-refractivity contribution >= 4 is 5.97 Å². The van der Waals surface area contributed by atoms with E-state index < -0.39 is 11.7 Å². The molecule has 0 amide bonds. The minimum Gasteiger partial charge on any atom is -0.505 e. The van der Waals surface area contributed by atoms with Crippen LogP contribution < -0.4 is 0 Å². The van der Waals surface area contributed by atoms with E-state index in [0.29, 0.717) is 0 Å². The largest absolute Gasteiger partial charge is 0.505 e. The summed E-state index contributed by atoms with van der Waals surface area (Å²) in [6.07, 6.45) is 0.933. The highest BCUT2D eigenvalue weighted by molar-refractivity contribution is 5.90. The molecule has 5 heteroatoms. The number of carboxylic acids is 1. The molecular formula is C7H4N2O3. The van der Waals surface area contributed by atoms with Gasteiger partial charge in [-0.05, 0) is 6.07 Å². The Morgan fingerprint density at radius 1 is 1.67 bits per heavy atom. The first-order valence-electron chi connectivity index (χ1n) is 2.97. The third-order valence-corrected chi connectivity index (χ3v) is 1.23. The van der Waals surface area contributed by atoms with Crippen molar-refractivity contribution in [3.63, 3.8) is 0 Å². The van der Waals surface area contributed by atoms with Gasteiger partial charge in [0.25, 0.3) is 0 Å². The maximum Gasteiger partial charge on any atom is 0.339 e. The third-order valence-electron chi connectivity index (χ3n) is 1.23. The van der Waals surface area contributed by atoms with Crippen molar-refractivity contribution in [2.24, 2.45) is 0 Å². The highest BCUT2D eigenvalue weighted by Gasteiger charge is 2.10. The minimum atomic E-state index is -1.29. The average Bonchev–Trinajstić information content (AvgIpc) is 2.05. The summed E-state index contributed by atoms with van der Waals surface area (Å²) in [4.78, 5) is 13.9. The van der Waals surface area contributed by atoms with Crippen LogP contribution in [-0.4, -0.2) is 21.2 Å². The summed E-state index contributed by atoms with van der Waals surface area (Å²) in [7, 11) is 0. The van der Waals surface area contributed by atoms with Crippen LogP contribution in [0.1, 0.15) is 16.1 Å². The monoisotopic (exact) mass is 164 g/mol. The van der Waals surface area contributed by atoms with Crippen LogP contribution in [-0.2, 0) is 0 Å². The highest BCUT2D eigenvalue weighted by atomic mass is 16.4. The van der Waals surface area contributed by atoms with Crippen molar-refractivity contribution in [3.8, 4) is 11.8 Å². The molecule has 0 fully saturated rings. The number of aromatic carboxylic acids is 1. The number of nitrogens with zero attached hydrogens (tertiary/aromatic N) is 2. The number of carboxylic acid groups (broad SMARTS) is 1. The van der Waals surface area contributed by atoms with E-state index in [-0.39, 0.29) is 11.3 Å². The molecule has 2 N–H and O–H groups in total. The van der Waals surface area contributed by atoms with Crippen molar-refractivity contribution in [3.05, 3.63) is 23.5 Å². The molecule has 0 aliphatic heterocycles. The number of pyridine rings is 1. The second kappa shape index (κ2) is 2.88. The third kappa shape index (κ3) is 1.32. The second-order valence-electron chi connectivity index (χ2n) is 2.00. The number of rotatable bonds is 1. The van der Waals surface area contributed by atoms with E-state index in [0.717, 1.165) is 12.3 Å². The van der Waals surface area contributed by atoms with Crippen molar-refractivity contribution in [2.45, 2.75) is 0 Å². The molecule has 0 unspecified atom stereocenters. The number of hydrogen-bond donors (Lipinski definition) is 2. The van der Waals surface area contributed by atoms with E-state index in [1.807, 2.05) is 0 Å². The molecule has 0 bridgehead atoms. The molecule has 1 heterocycles. The lowest BCUT2D eigenvalue weighted by Gasteiger charge is -1.96. The van der Waals surface area contributed by atoms with Gasteiger partial charge in [0, 0.05) is 0 Å². The summed E-state index contributed by atoms with van der Waals surface area (Å²) in [6, 6.07) is 2.68. The van der Waals surface area contributed by atoms with Crippen LogP contribution in [0.4, 0.5) is 0 Å². The number of carbonyl (C=O) groups is 1. The Hall–Kier alpha value is -2.09. The van der Waals surface area contributed by atoms with Gasteiger partial charge in [-0.15, -0.1) is 0 Å². The molecule has 12 heavy (non-hydrogen) atoms. The Morgan fingerprint density at radius 3 is 2.83 bits per heavy atom. The van der Waals surface area contributed by atoms with E-state index in [9.17, 15) is 4.79 Å². The molecular weight excluding hydrogens is 160 g/mol. The van der Waals surface area contributed by atoms with Gasteiger partial charge in [-0.25, -0.2) is 9.78 Å². The van der Waals surface area contributed by atoms with E-state index in [2.05, 4.69) is 4.98 Å². The Labute approximate surface area is 67.5 Å². The van der Waals surface area contributed by atoms with Gasteiger partial charge in [-0.1, -0.05) is 0 Å². The molecule has 1 aromatic heterocycles. The summed E-state index contributed by atoms with van der Waals surface area (Å²) < 4.78 is 0. The molecule has 0 radical (unpaired) electrons. The lowest BCUT2D eigenvalue weighted by molar-refractivity contribution is 0.0693. The summed E-state index contributed by atoms with van der Waals surface area (Å²) in [5.74, 6) is -1.73. The summed E-state index contributed by atoms with van der Waals surface area (Å²) >= 11 is 0. The molecule has 0 aliphatic rings. The first-order valence-corrected chi connectivity index (χ1v) is 2.97. The van der Waals surface area contributed by atoms with Crippen LogP contribution in [0.25, 0.3) is 0 Å². The lowest BCUT2D eigenvalue weighted by Crippen LogP contribution is -1.98. The van der Waals surface area contributed by atoms with Gasteiger partial charge in [0.2, 0.25) is 0 Å². The summed E-state index contributed by atoms with van der Waals surface area (Å²) in [5.41, 5.74) is -0.355. The summed E-state index contributed by atoms with van der Waals surface area (Å²) in [6.45, 7) is 0. The van der Waals surface area contributed by atoms with Gasteiger partial charge in [-0.3, -0.25) is 0 Å². The smallest absolute Gasteiger partial charge is 0.339 e. The van der Waals surface area contributed by atoms with Crippen molar-refractivity contribution in [1.82, 2.24) is 4.98 Å². The van der Waals surface area contributed by atoms with E-state index >= 15 is 0 Å². The predicted octanol–water partition coefficient (Wildman–Crippen LogP) is 0.357. The Kier molecular flexibility index (Phi) is 1.92. The molecule has 1 aromatic rings. The van der Waals surface area contributed by atoms with Crippen LogP contribution in [0, 0.1) is 11.3 Å². The minimum absolute atomic E-state index is 0.0369. The second-order valence-corrected chi connectivity index (χ2v) is 2.00. The Bertz CT molecular complexity index is 367. The molecule has 0 aliphatic carbocycles. The fourth-order valence-corrected chi connectivity index (χ4v) is 0.681. The average molecular weight is 164 g/mol.